The van der Waals surface area contributed by atoms with Crippen LogP contribution in [0.5, 0.6) is 0 Å². The molecule has 190 valence electrons. The molecular formula is C26H29ClN4O4S. The molecule has 5 rings (SSSR count). The van der Waals surface area contributed by atoms with Crippen molar-refractivity contribution in [2.45, 2.75) is 36.6 Å². The van der Waals surface area contributed by atoms with E-state index < -0.39 is 9.84 Å². The number of amidine groups is 1. The first-order valence-corrected chi connectivity index (χ1v) is 14.1. The molecule has 0 aliphatic carbocycles. The van der Waals surface area contributed by atoms with Crippen molar-refractivity contribution >= 4 is 49.9 Å². The van der Waals surface area contributed by atoms with Crippen LogP contribution in [0.2, 0.25) is 5.02 Å². The van der Waals surface area contributed by atoms with E-state index in [1.807, 2.05) is 16.8 Å². The number of piperidine rings is 1. The van der Waals surface area contributed by atoms with E-state index >= 15 is 0 Å². The number of rotatable bonds is 5. The van der Waals surface area contributed by atoms with Crippen LogP contribution in [0.15, 0.2) is 57.6 Å². The van der Waals surface area contributed by atoms with Gasteiger partial charge in [-0.05, 0) is 47.9 Å². The second kappa shape index (κ2) is 9.52. The molecule has 0 bridgehead atoms. The molecule has 10 heteroatoms. The minimum atomic E-state index is -3.60. The van der Waals surface area contributed by atoms with Crippen molar-refractivity contribution in [1.29, 1.82) is 0 Å². The van der Waals surface area contributed by atoms with Crippen LogP contribution in [-0.2, 0) is 19.4 Å². The number of hydrogen-bond acceptors (Lipinski definition) is 5. The van der Waals surface area contributed by atoms with Crippen LogP contribution in [0, 0.1) is 0 Å². The highest BCUT2D eigenvalue weighted by Crippen LogP contribution is 2.34. The molecule has 3 aliphatic heterocycles. The third kappa shape index (κ3) is 4.50. The van der Waals surface area contributed by atoms with Crippen LogP contribution < -0.4 is 0 Å². The number of hydrogen-bond donors (Lipinski definition) is 0. The number of aliphatic imine (C=N–C) groups is 1. The molecule has 36 heavy (non-hydrogen) atoms. The van der Waals surface area contributed by atoms with Crippen LogP contribution in [0.3, 0.4) is 0 Å². The van der Waals surface area contributed by atoms with E-state index in [-0.39, 0.29) is 34.9 Å². The molecule has 0 aromatic heterocycles. The number of amides is 2. The van der Waals surface area contributed by atoms with Gasteiger partial charge >= 0.3 is 0 Å². The maximum absolute atomic E-state index is 13.0. The Morgan fingerprint density at radius 1 is 1.11 bits per heavy atom. The van der Waals surface area contributed by atoms with Gasteiger partial charge in [0.05, 0.1) is 17.2 Å². The summed E-state index contributed by atoms with van der Waals surface area (Å²) in [6, 6.07) is 10.3. The zero-order chi connectivity index (χ0) is 25.6. The van der Waals surface area contributed by atoms with E-state index in [1.165, 1.54) is 0 Å². The van der Waals surface area contributed by atoms with Crippen molar-refractivity contribution in [3.05, 3.63) is 52.7 Å². The van der Waals surface area contributed by atoms with Gasteiger partial charge in [-0.3, -0.25) is 14.6 Å². The summed E-state index contributed by atoms with van der Waals surface area (Å²) in [7, 11) is 0.0904. The van der Waals surface area contributed by atoms with E-state index in [1.54, 1.807) is 48.3 Å². The highest BCUT2D eigenvalue weighted by atomic mass is 35.5. The van der Waals surface area contributed by atoms with E-state index in [2.05, 4.69) is 4.99 Å². The molecule has 3 aliphatic rings. The van der Waals surface area contributed by atoms with Gasteiger partial charge in [0, 0.05) is 62.4 Å². The van der Waals surface area contributed by atoms with Gasteiger partial charge in [0.2, 0.25) is 5.91 Å². The summed E-state index contributed by atoms with van der Waals surface area (Å²) in [5, 5.41) is 2.24. The van der Waals surface area contributed by atoms with Crippen molar-refractivity contribution in [2.75, 3.05) is 39.5 Å². The number of fused-ring (bicyclic) bond motifs is 1. The number of carbonyl (C=O) groups is 2. The summed E-state index contributed by atoms with van der Waals surface area (Å²) in [4.78, 5) is 35.9. The SMILES string of the molecule is C/N=C1\CC2=C(CN(C3CCN(C(=O)CCS(=O)(=O)c4ccc5cc(Cl)ccc5c4)CC3)C2=O)N1C. The number of likely N-dealkylation sites (N-methyl/N-ethyl adjacent to an activating group) is 1. The summed E-state index contributed by atoms with van der Waals surface area (Å²) in [5.74, 6) is 0.585. The first-order valence-electron chi connectivity index (χ1n) is 12.1. The fourth-order valence-corrected chi connectivity index (χ4v) is 6.82. The van der Waals surface area contributed by atoms with Crippen LogP contribution in [0.25, 0.3) is 10.8 Å². The van der Waals surface area contributed by atoms with E-state index in [4.69, 9.17) is 11.6 Å². The molecule has 3 heterocycles. The first kappa shape index (κ1) is 24.8. The zero-order valence-electron chi connectivity index (χ0n) is 20.4. The van der Waals surface area contributed by atoms with Crippen molar-refractivity contribution < 1.29 is 18.0 Å². The lowest BCUT2D eigenvalue weighted by Gasteiger charge is -2.37. The van der Waals surface area contributed by atoms with Gasteiger partial charge in [-0.1, -0.05) is 23.7 Å². The third-order valence-electron chi connectivity index (χ3n) is 7.55. The van der Waals surface area contributed by atoms with Gasteiger partial charge in [0.15, 0.2) is 9.84 Å². The fourth-order valence-electron chi connectivity index (χ4n) is 5.38. The molecule has 1 saturated heterocycles. The second-order valence-corrected chi connectivity index (χ2v) is 12.1. The van der Waals surface area contributed by atoms with Crippen LogP contribution >= 0.6 is 11.6 Å². The minimum absolute atomic E-state index is 0.0614. The summed E-state index contributed by atoms with van der Waals surface area (Å²) in [5.41, 5.74) is 1.86. The molecule has 2 aromatic carbocycles. The van der Waals surface area contributed by atoms with Crippen molar-refractivity contribution in [1.82, 2.24) is 14.7 Å². The standard InChI is InChI=1S/C26H29ClN4O4S/c1-28-24-15-22-23(29(24)2)16-31(26(22)33)20-7-10-30(11-8-20)25(32)9-12-36(34,35)21-6-4-17-13-19(27)5-3-18(17)14-21/h3-6,13-14,20H,7-12,15-16H2,1-2H3/b28-24+. The van der Waals surface area contributed by atoms with Crippen molar-refractivity contribution in [2.24, 2.45) is 4.99 Å². The lowest BCUT2D eigenvalue weighted by Crippen LogP contribution is -2.48. The van der Waals surface area contributed by atoms with Gasteiger partial charge in [-0.25, -0.2) is 8.42 Å². The Morgan fingerprint density at radius 2 is 1.81 bits per heavy atom. The molecule has 0 atom stereocenters. The normalized spacial score (nSPS) is 20.2. The molecule has 2 aromatic rings. The molecule has 1 fully saturated rings. The highest BCUT2D eigenvalue weighted by Gasteiger charge is 2.42. The van der Waals surface area contributed by atoms with E-state index in [9.17, 15) is 18.0 Å². The average molecular weight is 529 g/mol. The predicted octanol–water partition coefficient (Wildman–Crippen LogP) is 3.11. The largest absolute Gasteiger partial charge is 0.343 e. The van der Waals surface area contributed by atoms with Gasteiger partial charge in [-0.15, -0.1) is 0 Å². The Hall–Kier alpha value is -2.91. The Balaban J connectivity index is 1.15. The fraction of sp³-hybridized carbons (Fsp3) is 0.423. The Kier molecular flexibility index (Phi) is 6.55. The van der Waals surface area contributed by atoms with Gasteiger partial charge in [-0.2, -0.15) is 0 Å². The maximum atomic E-state index is 13.0. The maximum Gasteiger partial charge on any atom is 0.252 e. The van der Waals surface area contributed by atoms with Gasteiger partial charge in [0.25, 0.3) is 5.91 Å². The summed E-state index contributed by atoms with van der Waals surface area (Å²) >= 11 is 6.01. The molecule has 0 spiro atoms. The molecule has 8 nitrogen and oxygen atoms in total. The monoisotopic (exact) mass is 528 g/mol. The van der Waals surface area contributed by atoms with Gasteiger partial charge < -0.3 is 14.7 Å². The topological polar surface area (TPSA) is 90.4 Å². The molecular weight excluding hydrogens is 500 g/mol. The summed E-state index contributed by atoms with van der Waals surface area (Å²) in [6.07, 6.45) is 1.90. The van der Waals surface area contributed by atoms with E-state index in [0.717, 1.165) is 27.9 Å². The Bertz CT molecular complexity index is 1410. The van der Waals surface area contributed by atoms with E-state index in [0.29, 0.717) is 43.9 Å². The smallest absolute Gasteiger partial charge is 0.252 e. The predicted molar refractivity (Wildman–Crippen MR) is 140 cm³/mol. The van der Waals surface area contributed by atoms with Crippen LogP contribution in [0.1, 0.15) is 25.7 Å². The number of halogens is 1. The molecule has 0 saturated carbocycles. The number of benzene rings is 2. The van der Waals surface area contributed by atoms with Crippen LogP contribution in [0.4, 0.5) is 0 Å². The molecule has 0 N–H and O–H groups in total. The third-order valence-corrected chi connectivity index (χ3v) is 9.50. The average Bonchev–Trinajstić information content (AvgIpc) is 3.37. The molecule has 0 unspecified atom stereocenters. The van der Waals surface area contributed by atoms with Crippen molar-refractivity contribution in [3.63, 3.8) is 0 Å². The minimum Gasteiger partial charge on any atom is -0.343 e. The second-order valence-electron chi connectivity index (χ2n) is 9.57. The summed E-state index contributed by atoms with van der Waals surface area (Å²) < 4.78 is 25.8. The first-order chi connectivity index (χ1) is 17.2. The lowest BCUT2D eigenvalue weighted by atomic mass is 10.0. The molecule has 0 radical (unpaired) electrons. The number of likely N-dealkylation sites (tertiary alicyclic amines) is 1. The zero-order valence-corrected chi connectivity index (χ0v) is 22.0. The molecule has 2 amide bonds. The Labute approximate surface area is 216 Å². The summed E-state index contributed by atoms with van der Waals surface area (Å²) in [6.45, 7) is 1.62. The number of carbonyl (C=O) groups excluding carboxylic acids is 2. The Morgan fingerprint density at radius 3 is 2.50 bits per heavy atom. The van der Waals surface area contributed by atoms with Crippen LogP contribution in [-0.4, -0.2) is 86.3 Å². The van der Waals surface area contributed by atoms with Crippen molar-refractivity contribution in [3.8, 4) is 0 Å². The van der Waals surface area contributed by atoms with Gasteiger partial charge in [0.1, 0.15) is 5.84 Å². The lowest BCUT2D eigenvalue weighted by molar-refractivity contribution is -0.133. The quantitative estimate of drug-likeness (QED) is 0.595. The number of nitrogens with zero attached hydrogens (tertiary/aromatic N) is 4. The number of sulfone groups is 1. The highest BCUT2D eigenvalue weighted by molar-refractivity contribution is 7.91.